The minimum absolute atomic E-state index is 0.00618. The SMILES string of the molecule is CC(C)(C)OC(=O)CC[C@@H](CO)NC(=O)[C@H]1CCCN1C(=O)[C@@]12C[C@H]3OC(=O)[C@@H]1N(Cc1ccc(C=CC4CCC5OC5C4)cc1)O[C@@H]2[C@H]1OC(c2ccccc2)(c2ccccc2)O[C@H]13. The second-order valence-electron chi connectivity index (χ2n) is 19.8. The van der Waals surface area contributed by atoms with Crippen LogP contribution < -0.4 is 5.32 Å². The van der Waals surface area contributed by atoms with Gasteiger partial charge in [-0.2, -0.15) is 5.06 Å². The Balaban J connectivity index is 0.952. The standard InChI is InChI=1S/C51H59N3O11/c1-49(2,3)62-41(56)25-23-36(30-55)52-46(57)37-15-10-26-53(37)48(59)50-28-40-42-43(64-51(63-42,34-11-6-4-7-12-34)35-13-8-5-9-14-35)45(50)65-54(44(50)47(58)61-40)29-33-20-17-31(18-21-33)16-19-32-22-24-38-39(27-32)60-38/h4-9,11-14,16-21,32,36-40,42-45,55H,10,15,22-30H2,1-3H3,(H,52,57)/t32?,36-,37+,38?,39?,40+,42-,43-,44-,45+,50-/m0/s1. The summed E-state index contributed by atoms with van der Waals surface area (Å²) in [6, 6.07) is 24.5. The summed E-state index contributed by atoms with van der Waals surface area (Å²) in [5.41, 5.74) is 1.20. The number of hydroxylamine groups is 2. The van der Waals surface area contributed by atoms with E-state index in [2.05, 4.69) is 17.5 Å². The van der Waals surface area contributed by atoms with Crippen molar-refractivity contribution in [1.29, 1.82) is 0 Å². The number of allylic oxidation sites excluding steroid dienone is 1. The van der Waals surface area contributed by atoms with Crippen molar-refractivity contribution in [3.63, 3.8) is 0 Å². The van der Waals surface area contributed by atoms with Crippen LogP contribution in [0.25, 0.3) is 6.08 Å². The molecule has 10 rings (SSSR count). The van der Waals surface area contributed by atoms with E-state index in [9.17, 15) is 19.5 Å². The van der Waals surface area contributed by atoms with Crippen LogP contribution in [0.4, 0.5) is 0 Å². The number of carbonyl (C=O) groups excluding carboxylic acids is 4. The molecular formula is C51H59N3O11. The van der Waals surface area contributed by atoms with Crippen LogP contribution in [-0.4, -0.2) is 112 Å². The van der Waals surface area contributed by atoms with Crippen molar-refractivity contribution < 1.29 is 52.8 Å². The molecule has 5 heterocycles. The smallest absolute Gasteiger partial charge is 0.327 e. The van der Waals surface area contributed by atoms with Crippen molar-refractivity contribution in [3.8, 4) is 0 Å². The zero-order valence-corrected chi connectivity index (χ0v) is 37.2. The van der Waals surface area contributed by atoms with Gasteiger partial charge in [0, 0.05) is 30.5 Å². The fourth-order valence-electron chi connectivity index (χ4n) is 11.2. The number of nitrogens with zero attached hydrogens (tertiary/aromatic N) is 2. The Morgan fingerprint density at radius 3 is 2.29 bits per heavy atom. The lowest BCUT2D eigenvalue weighted by Gasteiger charge is -2.50. The summed E-state index contributed by atoms with van der Waals surface area (Å²) >= 11 is 0. The number of fused-ring (bicyclic) bond motifs is 5. The Kier molecular flexibility index (Phi) is 11.7. The molecule has 0 radical (unpaired) electrons. The molecule has 2 aliphatic carbocycles. The van der Waals surface area contributed by atoms with Crippen molar-refractivity contribution in [2.75, 3.05) is 13.2 Å². The van der Waals surface area contributed by atoms with Gasteiger partial charge >= 0.3 is 11.9 Å². The zero-order valence-electron chi connectivity index (χ0n) is 37.2. The number of likely N-dealkylation sites (tertiary alicyclic amines) is 1. The van der Waals surface area contributed by atoms with Gasteiger partial charge < -0.3 is 39.0 Å². The molecule has 2 bridgehead atoms. The molecule has 3 unspecified atom stereocenters. The van der Waals surface area contributed by atoms with Gasteiger partial charge in [-0.25, -0.2) is 0 Å². The van der Waals surface area contributed by atoms with E-state index in [1.807, 2.05) is 84.9 Å². The van der Waals surface area contributed by atoms with E-state index in [4.69, 9.17) is 28.5 Å². The minimum Gasteiger partial charge on any atom is -0.460 e. The first-order valence-corrected chi connectivity index (χ1v) is 23.3. The number of aliphatic hydroxyl groups excluding tert-OH is 1. The number of aliphatic hydroxyl groups is 1. The van der Waals surface area contributed by atoms with Gasteiger partial charge in [0.25, 0.3) is 0 Å². The van der Waals surface area contributed by atoms with Crippen LogP contribution in [0, 0.1) is 11.3 Å². The Labute approximate surface area is 379 Å². The number of esters is 2. The predicted molar refractivity (Wildman–Crippen MR) is 235 cm³/mol. The van der Waals surface area contributed by atoms with Crippen LogP contribution in [0.3, 0.4) is 0 Å². The van der Waals surface area contributed by atoms with Gasteiger partial charge in [-0.15, -0.1) is 0 Å². The highest BCUT2D eigenvalue weighted by atomic mass is 16.8. The number of hydrogen-bond acceptors (Lipinski definition) is 12. The number of carbonyl (C=O) groups is 4. The number of epoxide rings is 1. The molecule has 344 valence electrons. The second kappa shape index (κ2) is 17.4. The fourth-order valence-corrected chi connectivity index (χ4v) is 11.2. The van der Waals surface area contributed by atoms with Crippen molar-refractivity contribution in [2.45, 2.75) is 145 Å². The number of rotatable bonds is 13. The molecule has 5 saturated heterocycles. The maximum absolute atomic E-state index is 15.7. The second-order valence-corrected chi connectivity index (χ2v) is 19.8. The normalized spacial score (nSPS) is 32.6. The number of ether oxygens (including phenoxy) is 5. The first kappa shape index (κ1) is 43.9. The van der Waals surface area contributed by atoms with E-state index >= 15 is 4.79 Å². The van der Waals surface area contributed by atoms with Crippen molar-refractivity contribution >= 4 is 29.8 Å². The van der Waals surface area contributed by atoms with Gasteiger partial charge in [0.1, 0.15) is 41.5 Å². The number of nitrogens with one attached hydrogen (secondary N) is 1. The lowest BCUT2D eigenvalue weighted by Crippen LogP contribution is -2.70. The quantitative estimate of drug-likeness (QED) is 0.168. The third kappa shape index (κ3) is 8.31. The molecule has 0 aromatic heterocycles. The highest BCUT2D eigenvalue weighted by Gasteiger charge is 2.77. The Morgan fingerprint density at radius 2 is 1.62 bits per heavy atom. The van der Waals surface area contributed by atoms with E-state index in [0.717, 1.165) is 41.5 Å². The Morgan fingerprint density at radius 1 is 0.908 bits per heavy atom. The average Bonchev–Trinajstić information content (AvgIpc) is 3.57. The highest BCUT2D eigenvalue weighted by Crippen LogP contribution is 2.60. The molecule has 2 N–H and O–H groups in total. The molecular weight excluding hydrogens is 831 g/mol. The monoisotopic (exact) mass is 889 g/mol. The number of amides is 2. The molecule has 2 amide bonds. The van der Waals surface area contributed by atoms with Gasteiger partial charge in [-0.1, -0.05) is 97.1 Å². The van der Waals surface area contributed by atoms with E-state index < -0.39 is 89.7 Å². The molecule has 3 aromatic rings. The summed E-state index contributed by atoms with van der Waals surface area (Å²) in [5, 5.41) is 14.7. The molecule has 14 heteroatoms. The zero-order chi connectivity index (χ0) is 45.1. The lowest BCUT2D eigenvalue weighted by molar-refractivity contribution is -0.214. The molecule has 5 aliphatic heterocycles. The molecule has 7 aliphatic rings. The van der Waals surface area contributed by atoms with Crippen LogP contribution in [-0.2, 0) is 60.0 Å². The van der Waals surface area contributed by atoms with Crippen molar-refractivity contribution in [2.24, 2.45) is 11.3 Å². The van der Waals surface area contributed by atoms with Crippen LogP contribution >= 0.6 is 0 Å². The fraction of sp³-hybridized carbons (Fsp3) is 0.529. The van der Waals surface area contributed by atoms with E-state index in [1.54, 1.807) is 30.7 Å². The third-order valence-corrected chi connectivity index (χ3v) is 14.3. The predicted octanol–water partition coefficient (Wildman–Crippen LogP) is 5.34. The number of hydrogen-bond donors (Lipinski definition) is 2. The maximum atomic E-state index is 15.7. The molecule has 2 saturated carbocycles. The highest BCUT2D eigenvalue weighted by molar-refractivity contribution is 5.96. The average molecular weight is 890 g/mol. The molecule has 65 heavy (non-hydrogen) atoms. The minimum atomic E-state index is -1.52. The van der Waals surface area contributed by atoms with Gasteiger partial charge in [0.15, 0.2) is 6.04 Å². The van der Waals surface area contributed by atoms with Gasteiger partial charge in [-0.3, -0.25) is 24.0 Å². The largest absolute Gasteiger partial charge is 0.460 e. The van der Waals surface area contributed by atoms with E-state index in [1.165, 1.54) is 0 Å². The van der Waals surface area contributed by atoms with Crippen LogP contribution in [0.5, 0.6) is 0 Å². The number of benzene rings is 3. The van der Waals surface area contributed by atoms with Gasteiger partial charge in [0.2, 0.25) is 17.6 Å². The molecule has 7 fully saturated rings. The van der Waals surface area contributed by atoms with E-state index in [0.29, 0.717) is 31.0 Å². The van der Waals surface area contributed by atoms with Crippen molar-refractivity contribution in [1.82, 2.24) is 15.3 Å². The van der Waals surface area contributed by atoms with Crippen LogP contribution in [0.1, 0.15) is 94.4 Å². The third-order valence-electron chi connectivity index (χ3n) is 14.3. The van der Waals surface area contributed by atoms with Gasteiger partial charge in [-0.05, 0) is 76.3 Å². The molecule has 11 atom stereocenters. The van der Waals surface area contributed by atoms with Crippen molar-refractivity contribution in [3.05, 3.63) is 113 Å². The summed E-state index contributed by atoms with van der Waals surface area (Å²) in [6.07, 6.45) is 6.19. The summed E-state index contributed by atoms with van der Waals surface area (Å²) in [4.78, 5) is 65.5. The summed E-state index contributed by atoms with van der Waals surface area (Å²) in [6.45, 7) is 5.37. The maximum Gasteiger partial charge on any atom is 0.327 e. The summed E-state index contributed by atoms with van der Waals surface area (Å²) in [7, 11) is 0. The molecule has 0 spiro atoms. The molecule has 3 aromatic carbocycles. The lowest BCUT2D eigenvalue weighted by atomic mass is 9.62. The summed E-state index contributed by atoms with van der Waals surface area (Å²) < 4.78 is 31.7. The first-order valence-electron chi connectivity index (χ1n) is 23.3. The van der Waals surface area contributed by atoms with Crippen LogP contribution in [0.2, 0.25) is 0 Å². The first-order chi connectivity index (χ1) is 31.3. The Hall–Kier alpha value is -4.96. The molecule has 14 nitrogen and oxygen atoms in total. The summed E-state index contributed by atoms with van der Waals surface area (Å²) in [5.74, 6) is -2.81. The topological polar surface area (TPSA) is 166 Å². The van der Waals surface area contributed by atoms with Gasteiger partial charge in [0.05, 0.1) is 31.4 Å². The Bertz CT molecular complexity index is 2250. The van der Waals surface area contributed by atoms with Crippen LogP contribution in [0.15, 0.2) is 91.0 Å². The van der Waals surface area contributed by atoms with E-state index in [-0.39, 0.29) is 32.4 Å².